The Morgan fingerprint density at radius 2 is 1.92 bits per heavy atom. The van der Waals surface area contributed by atoms with E-state index < -0.39 is 5.60 Å². The van der Waals surface area contributed by atoms with Crippen molar-refractivity contribution in [3.8, 4) is 17.6 Å². The summed E-state index contributed by atoms with van der Waals surface area (Å²) in [4.78, 5) is 4.18. The molecule has 1 heterocycles. The van der Waals surface area contributed by atoms with Crippen LogP contribution in [0.4, 0.5) is 0 Å². The zero-order valence-electron chi connectivity index (χ0n) is 21.1. The summed E-state index contributed by atoms with van der Waals surface area (Å²) >= 11 is 0. The molecule has 1 aromatic heterocycles. The zero-order chi connectivity index (χ0) is 24.8. The van der Waals surface area contributed by atoms with Crippen LogP contribution in [-0.2, 0) is 29.6 Å². The molecule has 4 heteroatoms. The summed E-state index contributed by atoms with van der Waals surface area (Å²) < 4.78 is 11.9. The summed E-state index contributed by atoms with van der Waals surface area (Å²) in [5.41, 5.74) is 4.44. The summed E-state index contributed by atoms with van der Waals surface area (Å²) in [7, 11) is 0. The average Bonchev–Trinajstić information content (AvgIpc) is 2.91. The van der Waals surface area contributed by atoms with Crippen molar-refractivity contribution in [1.82, 2.24) is 4.98 Å². The van der Waals surface area contributed by atoms with Gasteiger partial charge in [-0.2, -0.15) is 0 Å². The third kappa shape index (κ3) is 5.33. The van der Waals surface area contributed by atoms with Gasteiger partial charge in [-0.25, -0.2) is 0 Å². The molecule has 0 spiro atoms. The number of benzene rings is 2. The maximum atomic E-state index is 11.5. The van der Waals surface area contributed by atoms with Crippen LogP contribution in [0.2, 0.25) is 0 Å². The van der Waals surface area contributed by atoms with Crippen molar-refractivity contribution in [2.75, 3.05) is 13.2 Å². The predicted molar refractivity (Wildman–Crippen MR) is 142 cm³/mol. The molecule has 36 heavy (non-hydrogen) atoms. The van der Waals surface area contributed by atoms with Gasteiger partial charge in [0.2, 0.25) is 0 Å². The number of fused-ring (bicyclic) bond motifs is 3. The highest BCUT2D eigenvalue weighted by Gasteiger charge is 2.51. The van der Waals surface area contributed by atoms with E-state index in [0.717, 1.165) is 49.8 Å². The van der Waals surface area contributed by atoms with Crippen molar-refractivity contribution in [2.45, 2.75) is 63.1 Å². The number of hydrogen-bond donors (Lipinski definition) is 1. The van der Waals surface area contributed by atoms with Crippen molar-refractivity contribution in [2.24, 2.45) is 5.92 Å². The maximum Gasteiger partial charge on any atom is 0.120 e. The van der Waals surface area contributed by atoms with E-state index in [1.54, 1.807) is 6.20 Å². The first kappa shape index (κ1) is 24.6. The summed E-state index contributed by atoms with van der Waals surface area (Å²) in [5.74, 6) is 7.10. The van der Waals surface area contributed by atoms with Crippen molar-refractivity contribution >= 4 is 0 Å². The number of aliphatic hydroxyl groups is 1. The molecule has 3 aromatic rings. The Labute approximate surface area is 214 Å². The SMILES string of the molecule is CC#CCOC[C@@]1(O)CC[C@@]2(Cc3ccccc3)c3ccc(OCc4cccnc4)cc3CC[C@@H]2C1. The van der Waals surface area contributed by atoms with Crippen LogP contribution in [0.5, 0.6) is 5.75 Å². The lowest BCUT2D eigenvalue weighted by molar-refractivity contribution is -0.0963. The fourth-order valence-electron chi connectivity index (χ4n) is 6.26. The number of ether oxygens (including phenoxy) is 2. The van der Waals surface area contributed by atoms with E-state index in [0.29, 0.717) is 25.7 Å². The van der Waals surface area contributed by atoms with Crippen molar-refractivity contribution in [3.63, 3.8) is 0 Å². The lowest BCUT2D eigenvalue weighted by Crippen LogP contribution is -2.52. The molecule has 186 valence electrons. The van der Waals surface area contributed by atoms with Gasteiger partial charge in [0.1, 0.15) is 19.0 Å². The quantitative estimate of drug-likeness (QED) is 0.333. The molecule has 3 atom stereocenters. The Bertz CT molecular complexity index is 1220. The van der Waals surface area contributed by atoms with Crippen molar-refractivity contribution < 1.29 is 14.6 Å². The third-order valence-corrected chi connectivity index (χ3v) is 8.03. The fraction of sp³-hybridized carbons (Fsp3) is 0.406. The van der Waals surface area contributed by atoms with Gasteiger partial charge in [-0.05, 0) is 86.3 Å². The van der Waals surface area contributed by atoms with Gasteiger partial charge in [-0.1, -0.05) is 48.4 Å². The molecule has 5 rings (SSSR count). The van der Waals surface area contributed by atoms with Gasteiger partial charge in [0.05, 0.1) is 12.2 Å². The number of rotatable bonds is 8. The van der Waals surface area contributed by atoms with E-state index in [9.17, 15) is 5.11 Å². The van der Waals surface area contributed by atoms with Crippen LogP contribution >= 0.6 is 0 Å². The second-order valence-corrected chi connectivity index (χ2v) is 10.4. The van der Waals surface area contributed by atoms with E-state index in [2.05, 4.69) is 65.4 Å². The number of pyridine rings is 1. The van der Waals surface area contributed by atoms with Crippen LogP contribution in [0.15, 0.2) is 73.1 Å². The molecule has 4 nitrogen and oxygen atoms in total. The van der Waals surface area contributed by atoms with E-state index in [4.69, 9.17) is 9.47 Å². The molecule has 2 aromatic carbocycles. The molecular weight excluding hydrogens is 446 g/mol. The monoisotopic (exact) mass is 481 g/mol. The molecular formula is C32H35NO3. The van der Waals surface area contributed by atoms with E-state index >= 15 is 0 Å². The topological polar surface area (TPSA) is 51.6 Å². The molecule has 0 radical (unpaired) electrons. The van der Waals surface area contributed by atoms with Gasteiger partial charge in [0, 0.05) is 23.4 Å². The first-order chi connectivity index (χ1) is 17.6. The normalized spacial score (nSPS) is 24.7. The third-order valence-electron chi connectivity index (χ3n) is 8.03. The summed E-state index contributed by atoms with van der Waals surface area (Å²) in [6.45, 7) is 3.06. The molecule has 2 aliphatic rings. The first-order valence-corrected chi connectivity index (χ1v) is 13.0. The number of hydrogen-bond acceptors (Lipinski definition) is 4. The highest BCUT2D eigenvalue weighted by molar-refractivity contribution is 5.45. The standard InChI is InChI=1S/C32H35NO3/c1-2-3-18-35-24-31(34)15-16-32(20-25-8-5-4-6-9-25)28(21-31)12-11-27-19-29(13-14-30(27)32)36-23-26-10-7-17-33-22-26/h4-10,13-14,17,19,22,28,34H,11-12,15-16,18,20-21,23-24H2,1H3/t28-,31-,32+/m1/s1. The Hall–Kier alpha value is -3.13. The van der Waals surface area contributed by atoms with Crippen LogP contribution in [0.25, 0.3) is 0 Å². The summed E-state index contributed by atoms with van der Waals surface area (Å²) in [5, 5.41) is 11.5. The highest BCUT2D eigenvalue weighted by atomic mass is 16.5. The minimum Gasteiger partial charge on any atom is -0.489 e. The first-order valence-electron chi connectivity index (χ1n) is 13.0. The largest absolute Gasteiger partial charge is 0.489 e. The van der Waals surface area contributed by atoms with Crippen molar-refractivity contribution in [3.05, 3.63) is 95.3 Å². The molecule has 0 bridgehead atoms. The van der Waals surface area contributed by atoms with Gasteiger partial charge in [-0.3, -0.25) is 4.98 Å². The molecule has 1 saturated carbocycles. The minimum absolute atomic E-state index is 0.00622. The highest BCUT2D eigenvalue weighted by Crippen LogP contribution is 2.54. The minimum atomic E-state index is -0.787. The van der Waals surface area contributed by atoms with E-state index in [1.807, 2.05) is 25.3 Å². The lowest BCUT2D eigenvalue weighted by atomic mass is 9.52. The molecule has 0 aliphatic heterocycles. The Balaban J connectivity index is 1.40. The van der Waals surface area contributed by atoms with Crippen molar-refractivity contribution in [1.29, 1.82) is 0 Å². The van der Waals surface area contributed by atoms with E-state index in [1.165, 1.54) is 16.7 Å². The van der Waals surface area contributed by atoms with Gasteiger partial charge in [0.15, 0.2) is 0 Å². The molecule has 1 fully saturated rings. The average molecular weight is 482 g/mol. The summed E-state index contributed by atoms with van der Waals surface area (Å²) in [6, 6.07) is 21.4. The van der Waals surface area contributed by atoms with Crippen LogP contribution in [0, 0.1) is 17.8 Å². The van der Waals surface area contributed by atoms with Crippen LogP contribution in [0.1, 0.15) is 54.9 Å². The van der Waals surface area contributed by atoms with E-state index in [-0.39, 0.29) is 5.41 Å². The molecule has 1 N–H and O–H groups in total. The predicted octanol–water partition coefficient (Wildman–Crippen LogP) is 5.66. The molecule has 2 aliphatic carbocycles. The smallest absolute Gasteiger partial charge is 0.120 e. The van der Waals surface area contributed by atoms with Gasteiger partial charge < -0.3 is 14.6 Å². The molecule has 0 amide bonds. The Morgan fingerprint density at radius 3 is 2.72 bits per heavy atom. The summed E-state index contributed by atoms with van der Waals surface area (Å²) in [6.07, 6.45) is 9.10. The molecule has 0 saturated heterocycles. The van der Waals surface area contributed by atoms with Crippen LogP contribution in [0.3, 0.4) is 0 Å². The zero-order valence-corrected chi connectivity index (χ0v) is 21.1. The van der Waals surface area contributed by atoms with Gasteiger partial charge >= 0.3 is 0 Å². The van der Waals surface area contributed by atoms with Gasteiger partial charge in [-0.15, -0.1) is 5.92 Å². The number of aromatic nitrogens is 1. The van der Waals surface area contributed by atoms with Crippen LogP contribution < -0.4 is 4.74 Å². The molecule has 0 unspecified atom stereocenters. The maximum absolute atomic E-state index is 11.5. The second kappa shape index (κ2) is 10.9. The number of aryl methyl sites for hydroxylation is 1. The van der Waals surface area contributed by atoms with Crippen LogP contribution in [-0.4, -0.2) is 28.9 Å². The lowest BCUT2D eigenvalue weighted by Gasteiger charge is -2.53. The van der Waals surface area contributed by atoms with Gasteiger partial charge in [0.25, 0.3) is 0 Å². The fourth-order valence-corrected chi connectivity index (χ4v) is 6.26. The number of nitrogens with zero attached hydrogens (tertiary/aromatic N) is 1. The Kier molecular flexibility index (Phi) is 7.41. The second-order valence-electron chi connectivity index (χ2n) is 10.4. The Morgan fingerprint density at radius 1 is 1.06 bits per heavy atom.